The van der Waals surface area contributed by atoms with Crippen molar-refractivity contribution in [2.24, 2.45) is 0 Å². The van der Waals surface area contributed by atoms with Crippen molar-refractivity contribution in [2.75, 3.05) is 13.2 Å². The second-order valence-electron chi connectivity index (χ2n) is 8.33. The molecule has 0 radical (unpaired) electrons. The predicted octanol–water partition coefficient (Wildman–Crippen LogP) is 7.69. The Labute approximate surface area is 186 Å². The summed E-state index contributed by atoms with van der Waals surface area (Å²) >= 11 is 0. The molecule has 0 aliphatic carbocycles. The number of esters is 2. The zero-order valence-corrected chi connectivity index (χ0v) is 19.9. The van der Waals surface area contributed by atoms with E-state index in [9.17, 15) is 9.59 Å². The van der Waals surface area contributed by atoms with Crippen LogP contribution in [0.1, 0.15) is 129 Å². The highest BCUT2D eigenvalue weighted by atomic mass is 16.5. The lowest BCUT2D eigenvalue weighted by atomic mass is 10.1. The van der Waals surface area contributed by atoms with Crippen LogP contribution in [0.25, 0.3) is 0 Å². The third-order valence-corrected chi connectivity index (χ3v) is 5.34. The van der Waals surface area contributed by atoms with Gasteiger partial charge in [-0.2, -0.15) is 0 Å². The van der Waals surface area contributed by atoms with Gasteiger partial charge in [0.2, 0.25) is 0 Å². The molecule has 0 spiro atoms. The monoisotopic (exact) mass is 424 g/mol. The molecule has 0 fully saturated rings. The van der Waals surface area contributed by atoms with Gasteiger partial charge in [0.15, 0.2) is 0 Å². The van der Waals surface area contributed by atoms with E-state index in [4.69, 9.17) is 9.47 Å². The lowest BCUT2D eigenvalue weighted by Crippen LogP contribution is -2.06. The standard InChI is InChI=1S/C26H48O4/c1-3-5-7-9-11-13-15-17-19-23-29-25(27)21-22-26(28)30-24-20-18-16-14-12-10-8-6-4-2/h21-22H,3-20,23-24H2,1-2H3/b22-21-. The topological polar surface area (TPSA) is 52.6 Å². The van der Waals surface area contributed by atoms with Gasteiger partial charge in [-0.1, -0.05) is 117 Å². The molecule has 0 atom stereocenters. The Morgan fingerprint density at radius 1 is 0.467 bits per heavy atom. The van der Waals surface area contributed by atoms with Crippen LogP contribution in [0.5, 0.6) is 0 Å². The van der Waals surface area contributed by atoms with Gasteiger partial charge >= 0.3 is 11.9 Å². The Balaban J connectivity index is 3.41. The van der Waals surface area contributed by atoms with Gasteiger partial charge in [-0.05, 0) is 12.8 Å². The van der Waals surface area contributed by atoms with Crippen LogP contribution in [-0.4, -0.2) is 25.2 Å². The zero-order valence-electron chi connectivity index (χ0n) is 19.9. The fourth-order valence-electron chi connectivity index (χ4n) is 3.40. The van der Waals surface area contributed by atoms with Crippen molar-refractivity contribution >= 4 is 11.9 Å². The summed E-state index contributed by atoms with van der Waals surface area (Å²) in [7, 11) is 0. The summed E-state index contributed by atoms with van der Waals surface area (Å²) in [6.45, 7) is 5.31. The number of hydrogen-bond donors (Lipinski definition) is 0. The van der Waals surface area contributed by atoms with Gasteiger partial charge in [-0.15, -0.1) is 0 Å². The molecular formula is C26H48O4. The highest BCUT2D eigenvalue weighted by Crippen LogP contribution is 2.10. The lowest BCUT2D eigenvalue weighted by Gasteiger charge is -2.04. The number of carbonyl (C=O) groups excluding carboxylic acids is 2. The normalized spacial score (nSPS) is 11.1. The van der Waals surface area contributed by atoms with Gasteiger partial charge in [0, 0.05) is 12.2 Å². The van der Waals surface area contributed by atoms with Crippen LogP contribution < -0.4 is 0 Å². The van der Waals surface area contributed by atoms with E-state index in [1.807, 2.05) is 0 Å². The van der Waals surface area contributed by atoms with E-state index in [0.29, 0.717) is 13.2 Å². The molecule has 4 heteroatoms. The number of hydrogen-bond acceptors (Lipinski definition) is 4. The van der Waals surface area contributed by atoms with Gasteiger partial charge in [-0.3, -0.25) is 0 Å². The first-order chi connectivity index (χ1) is 14.7. The SMILES string of the molecule is CCCCCCCCCCCOC(=O)/C=C\C(=O)OCCCCCCCCCCC. The second-order valence-corrected chi connectivity index (χ2v) is 8.33. The molecule has 0 aliphatic heterocycles. The first-order valence-corrected chi connectivity index (χ1v) is 12.7. The lowest BCUT2D eigenvalue weighted by molar-refractivity contribution is -0.140. The predicted molar refractivity (Wildman–Crippen MR) is 126 cm³/mol. The summed E-state index contributed by atoms with van der Waals surface area (Å²) in [5.74, 6) is -0.927. The average Bonchev–Trinajstić information content (AvgIpc) is 2.75. The molecule has 0 amide bonds. The van der Waals surface area contributed by atoms with Gasteiger partial charge in [0.1, 0.15) is 0 Å². The minimum absolute atomic E-state index is 0.423. The van der Waals surface area contributed by atoms with E-state index >= 15 is 0 Å². The Hall–Kier alpha value is -1.32. The number of ether oxygens (including phenoxy) is 2. The van der Waals surface area contributed by atoms with Crippen molar-refractivity contribution in [1.82, 2.24) is 0 Å². The van der Waals surface area contributed by atoms with E-state index in [-0.39, 0.29) is 0 Å². The van der Waals surface area contributed by atoms with Crippen molar-refractivity contribution in [1.29, 1.82) is 0 Å². The molecule has 176 valence electrons. The van der Waals surface area contributed by atoms with Crippen molar-refractivity contribution in [3.63, 3.8) is 0 Å². The molecule has 0 saturated carbocycles. The summed E-state index contributed by atoms with van der Waals surface area (Å²) in [6.07, 6.45) is 24.5. The quantitative estimate of drug-likeness (QED) is 0.101. The molecule has 4 nitrogen and oxygen atoms in total. The van der Waals surface area contributed by atoms with Crippen LogP contribution >= 0.6 is 0 Å². The number of carbonyl (C=O) groups is 2. The molecule has 0 rings (SSSR count). The maximum atomic E-state index is 11.6. The molecule has 0 aromatic carbocycles. The van der Waals surface area contributed by atoms with Crippen LogP contribution in [0.4, 0.5) is 0 Å². The molecular weight excluding hydrogens is 376 g/mol. The molecule has 0 heterocycles. The van der Waals surface area contributed by atoms with Gasteiger partial charge in [-0.25, -0.2) is 9.59 Å². The number of unbranched alkanes of at least 4 members (excludes halogenated alkanes) is 16. The van der Waals surface area contributed by atoms with E-state index in [2.05, 4.69) is 13.8 Å². The van der Waals surface area contributed by atoms with E-state index in [1.54, 1.807) is 0 Å². The fraction of sp³-hybridized carbons (Fsp3) is 0.846. The highest BCUT2D eigenvalue weighted by Gasteiger charge is 2.01. The summed E-state index contributed by atoms with van der Waals surface area (Å²) in [6, 6.07) is 0. The average molecular weight is 425 g/mol. The number of rotatable bonds is 22. The van der Waals surface area contributed by atoms with E-state index in [0.717, 1.165) is 25.7 Å². The summed E-state index contributed by atoms with van der Waals surface area (Å²) in [4.78, 5) is 23.2. The van der Waals surface area contributed by atoms with Crippen molar-refractivity contribution in [3.8, 4) is 0 Å². The van der Waals surface area contributed by atoms with E-state index < -0.39 is 11.9 Å². The van der Waals surface area contributed by atoms with Gasteiger partial charge < -0.3 is 9.47 Å². The highest BCUT2D eigenvalue weighted by molar-refractivity contribution is 5.91. The van der Waals surface area contributed by atoms with Gasteiger partial charge in [0.25, 0.3) is 0 Å². The molecule has 0 unspecified atom stereocenters. The molecule has 0 aromatic heterocycles. The first kappa shape index (κ1) is 28.7. The Kier molecular flexibility index (Phi) is 22.9. The van der Waals surface area contributed by atoms with Crippen LogP contribution in [0.3, 0.4) is 0 Å². The summed E-state index contributed by atoms with van der Waals surface area (Å²) in [5.41, 5.74) is 0. The molecule has 30 heavy (non-hydrogen) atoms. The second kappa shape index (κ2) is 24.0. The Morgan fingerprint density at radius 2 is 0.733 bits per heavy atom. The van der Waals surface area contributed by atoms with Crippen molar-refractivity contribution in [2.45, 2.75) is 129 Å². The zero-order chi connectivity index (χ0) is 22.1. The van der Waals surface area contributed by atoms with E-state index in [1.165, 1.54) is 102 Å². The Bertz CT molecular complexity index is 379. The third-order valence-electron chi connectivity index (χ3n) is 5.34. The van der Waals surface area contributed by atoms with Crippen LogP contribution in [-0.2, 0) is 19.1 Å². The molecule has 0 aliphatic rings. The van der Waals surface area contributed by atoms with Gasteiger partial charge in [0.05, 0.1) is 13.2 Å². The smallest absolute Gasteiger partial charge is 0.331 e. The summed E-state index contributed by atoms with van der Waals surface area (Å²) < 4.78 is 10.2. The maximum Gasteiger partial charge on any atom is 0.331 e. The molecule has 0 aromatic rings. The minimum atomic E-state index is -0.463. The molecule has 0 saturated heterocycles. The van der Waals surface area contributed by atoms with Crippen molar-refractivity contribution < 1.29 is 19.1 Å². The van der Waals surface area contributed by atoms with Crippen LogP contribution in [0.2, 0.25) is 0 Å². The van der Waals surface area contributed by atoms with Crippen molar-refractivity contribution in [3.05, 3.63) is 12.2 Å². The molecule has 0 bridgehead atoms. The maximum absolute atomic E-state index is 11.6. The third kappa shape index (κ3) is 23.0. The summed E-state index contributed by atoms with van der Waals surface area (Å²) in [5, 5.41) is 0. The fourth-order valence-corrected chi connectivity index (χ4v) is 3.40. The van der Waals surface area contributed by atoms with Crippen LogP contribution in [0, 0.1) is 0 Å². The Morgan fingerprint density at radius 3 is 1.03 bits per heavy atom. The largest absolute Gasteiger partial charge is 0.463 e. The molecule has 0 N–H and O–H groups in total. The van der Waals surface area contributed by atoms with Crippen LogP contribution in [0.15, 0.2) is 12.2 Å². The first-order valence-electron chi connectivity index (χ1n) is 12.7. The minimum Gasteiger partial charge on any atom is -0.463 e.